The second-order valence-corrected chi connectivity index (χ2v) is 6.79. The van der Waals surface area contributed by atoms with E-state index in [1.54, 1.807) is 11.3 Å². The molecule has 0 radical (unpaired) electrons. The van der Waals surface area contributed by atoms with Gasteiger partial charge in [-0.25, -0.2) is 0 Å². The predicted molar refractivity (Wildman–Crippen MR) is 68.8 cm³/mol. The van der Waals surface area contributed by atoms with Crippen molar-refractivity contribution < 1.29 is 4.79 Å². The summed E-state index contributed by atoms with van der Waals surface area (Å²) in [5.74, 6) is -0.289. The highest BCUT2D eigenvalue weighted by Crippen LogP contribution is 2.43. The Bertz CT molecular complexity index is 391. The van der Waals surface area contributed by atoms with Gasteiger partial charge < -0.3 is 5.73 Å². The van der Waals surface area contributed by atoms with E-state index in [4.69, 9.17) is 5.73 Å². The van der Waals surface area contributed by atoms with Gasteiger partial charge in [0.15, 0.2) is 0 Å². The van der Waals surface area contributed by atoms with Gasteiger partial charge in [0.2, 0.25) is 5.91 Å². The van der Waals surface area contributed by atoms with Crippen LogP contribution >= 0.6 is 23.1 Å². The Kier molecular flexibility index (Phi) is 3.56. The Balaban J connectivity index is 2.14. The molecule has 0 aliphatic carbocycles. The molecule has 1 aliphatic heterocycles. The normalized spacial score (nSPS) is 26.1. The zero-order valence-electron chi connectivity index (χ0n) is 9.40. The van der Waals surface area contributed by atoms with Gasteiger partial charge in [0.1, 0.15) is 0 Å². The Morgan fingerprint density at radius 1 is 1.69 bits per heavy atom. The molecule has 1 aliphatic rings. The Morgan fingerprint density at radius 3 is 3.12 bits per heavy atom. The van der Waals surface area contributed by atoms with Gasteiger partial charge in [0, 0.05) is 11.3 Å². The highest BCUT2D eigenvalue weighted by atomic mass is 32.2. The van der Waals surface area contributed by atoms with Crippen molar-refractivity contribution >= 4 is 29.0 Å². The maximum atomic E-state index is 11.1. The van der Waals surface area contributed by atoms with E-state index in [2.05, 4.69) is 23.7 Å². The van der Waals surface area contributed by atoms with Gasteiger partial charge in [0.05, 0.1) is 10.3 Å². The van der Waals surface area contributed by atoms with E-state index in [0.717, 1.165) is 6.42 Å². The third-order valence-electron chi connectivity index (χ3n) is 2.79. The van der Waals surface area contributed by atoms with E-state index in [1.807, 2.05) is 18.7 Å². The lowest BCUT2D eigenvalue weighted by atomic mass is 10.0. The van der Waals surface area contributed by atoms with Gasteiger partial charge in [-0.05, 0) is 30.4 Å². The minimum Gasteiger partial charge on any atom is -0.368 e. The Labute approximate surface area is 104 Å². The van der Waals surface area contributed by atoms with Gasteiger partial charge in [-0.2, -0.15) is 0 Å². The summed E-state index contributed by atoms with van der Waals surface area (Å²) < 4.78 is 1.37. The van der Waals surface area contributed by atoms with Gasteiger partial charge in [-0.1, -0.05) is 6.92 Å². The first-order valence-electron chi connectivity index (χ1n) is 5.37. The minimum atomic E-state index is -0.289. The van der Waals surface area contributed by atoms with Crippen LogP contribution in [0.15, 0.2) is 15.7 Å². The molecule has 0 bridgehead atoms. The van der Waals surface area contributed by atoms with Gasteiger partial charge in [-0.15, -0.1) is 23.1 Å². The quantitative estimate of drug-likeness (QED) is 0.871. The summed E-state index contributed by atoms with van der Waals surface area (Å²) in [5.41, 5.74) is 6.60. The summed E-state index contributed by atoms with van der Waals surface area (Å²) in [7, 11) is 0. The number of hydrogen-bond donors (Lipinski definition) is 2. The standard InChI is InChI=1S/C11H16N2OS2/c1-6-5-9(13-7(2)10(12)14)8-3-4-15-11(8)16-6/h3-4,6-7,9,13H,5H2,1-2H3,(H2,12,14)/t6-,7?,9?/m0/s1. The number of nitrogens with two attached hydrogens (primary N) is 1. The van der Waals surface area contributed by atoms with Crippen molar-refractivity contribution in [1.29, 1.82) is 0 Å². The molecule has 3 atom stereocenters. The van der Waals surface area contributed by atoms with Crippen LogP contribution in [-0.2, 0) is 4.79 Å². The van der Waals surface area contributed by atoms with Crippen molar-refractivity contribution in [1.82, 2.24) is 5.32 Å². The lowest BCUT2D eigenvalue weighted by Gasteiger charge is -2.29. The van der Waals surface area contributed by atoms with Gasteiger partial charge >= 0.3 is 0 Å². The smallest absolute Gasteiger partial charge is 0.234 e. The monoisotopic (exact) mass is 256 g/mol. The summed E-state index contributed by atoms with van der Waals surface area (Å²) >= 11 is 3.70. The first kappa shape index (κ1) is 12.0. The zero-order valence-corrected chi connectivity index (χ0v) is 11.0. The number of rotatable bonds is 3. The number of primary amides is 1. The van der Waals surface area contributed by atoms with E-state index < -0.39 is 0 Å². The van der Waals surface area contributed by atoms with Crippen LogP contribution in [0, 0.1) is 0 Å². The molecule has 0 spiro atoms. The van der Waals surface area contributed by atoms with Crippen molar-refractivity contribution in [3.05, 3.63) is 17.0 Å². The fourth-order valence-corrected chi connectivity index (χ4v) is 4.46. The molecule has 1 aromatic heterocycles. The van der Waals surface area contributed by atoms with Crippen molar-refractivity contribution in [3.8, 4) is 0 Å². The largest absolute Gasteiger partial charge is 0.368 e. The van der Waals surface area contributed by atoms with Crippen LogP contribution < -0.4 is 11.1 Å². The van der Waals surface area contributed by atoms with Crippen molar-refractivity contribution in [2.75, 3.05) is 0 Å². The molecule has 1 amide bonds. The maximum absolute atomic E-state index is 11.1. The molecule has 2 rings (SSSR count). The third kappa shape index (κ3) is 2.42. The summed E-state index contributed by atoms with van der Waals surface area (Å²) in [6.07, 6.45) is 1.05. The molecule has 2 heterocycles. The molecule has 88 valence electrons. The van der Waals surface area contributed by atoms with Crippen LogP contribution in [0.5, 0.6) is 0 Å². The first-order chi connectivity index (χ1) is 7.58. The van der Waals surface area contributed by atoms with Crippen LogP contribution in [0.4, 0.5) is 0 Å². The van der Waals surface area contributed by atoms with E-state index in [0.29, 0.717) is 5.25 Å². The minimum absolute atomic E-state index is 0.264. The highest BCUT2D eigenvalue weighted by molar-refractivity contribution is 8.01. The number of carbonyl (C=O) groups excluding carboxylic acids is 1. The van der Waals surface area contributed by atoms with E-state index in [9.17, 15) is 4.79 Å². The van der Waals surface area contributed by atoms with Crippen LogP contribution in [0.25, 0.3) is 0 Å². The summed E-state index contributed by atoms with van der Waals surface area (Å²) in [4.78, 5) is 11.1. The topological polar surface area (TPSA) is 55.1 Å². The second-order valence-electron chi connectivity index (χ2n) is 4.17. The third-order valence-corrected chi connectivity index (χ3v) is 5.13. The Hall–Kier alpha value is -0.520. The fourth-order valence-electron chi connectivity index (χ4n) is 1.89. The maximum Gasteiger partial charge on any atom is 0.234 e. The molecular formula is C11H16N2OS2. The number of amides is 1. The number of fused-ring (bicyclic) bond motifs is 1. The lowest BCUT2D eigenvalue weighted by Crippen LogP contribution is -2.42. The summed E-state index contributed by atoms with van der Waals surface area (Å²) in [5, 5.41) is 6.01. The molecule has 3 nitrogen and oxygen atoms in total. The predicted octanol–water partition coefficient (Wildman–Crippen LogP) is 2.14. The number of hydrogen-bond acceptors (Lipinski definition) is 4. The van der Waals surface area contributed by atoms with Gasteiger partial charge in [-0.3, -0.25) is 10.1 Å². The molecule has 0 saturated carbocycles. The van der Waals surface area contributed by atoms with Crippen molar-refractivity contribution in [2.45, 2.75) is 41.8 Å². The molecule has 0 fully saturated rings. The molecule has 3 N–H and O–H groups in total. The first-order valence-corrected chi connectivity index (χ1v) is 7.13. The number of nitrogens with one attached hydrogen (secondary N) is 1. The fraction of sp³-hybridized carbons (Fsp3) is 0.545. The molecule has 0 aromatic carbocycles. The SMILES string of the molecule is CC(NC1C[C@H](C)Sc2sccc21)C(N)=O. The molecule has 2 unspecified atom stereocenters. The summed E-state index contributed by atoms with van der Waals surface area (Å²) in [6, 6.07) is 2.14. The summed E-state index contributed by atoms with van der Waals surface area (Å²) in [6.45, 7) is 4.04. The molecule has 1 aromatic rings. The average Bonchev–Trinajstić information content (AvgIpc) is 2.65. The number of thioether (sulfide) groups is 1. The van der Waals surface area contributed by atoms with Crippen molar-refractivity contribution in [3.63, 3.8) is 0 Å². The number of thiophene rings is 1. The van der Waals surface area contributed by atoms with Crippen LogP contribution in [0.2, 0.25) is 0 Å². The molecule has 5 heteroatoms. The second kappa shape index (κ2) is 4.77. The molecule has 0 saturated heterocycles. The van der Waals surface area contributed by atoms with Crippen molar-refractivity contribution in [2.24, 2.45) is 5.73 Å². The van der Waals surface area contributed by atoms with E-state index in [1.165, 1.54) is 9.77 Å². The van der Waals surface area contributed by atoms with E-state index >= 15 is 0 Å². The average molecular weight is 256 g/mol. The van der Waals surface area contributed by atoms with Crippen LogP contribution in [-0.4, -0.2) is 17.2 Å². The van der Waals surface area contributed by atoms with Gasteiger partial charge in [0.25, 0.3) is 0 Å². The number of carbonyl (C=O) groups is 1. The highest BCUT2D eigenvalue weighted by Gasteiger charge is 2.27. The van der Waals surface area contributed by atoms with E-state index in [-0.39, 0.29) is 18.0 Å². The lowest BCUT2D eigenvalue weighted by molar-refractivity contribution is -0.119. The van der Waals surface area contributed by atoms with Crippen LogP contribution in [0.1, 0.15) is 31.9 Å². The molecular weight excluding hydrogens is 240 g/mol. The zero-order chi connectivity index (χ0) is 11.7. The molecule has 16 heavy (non-hydrogen) atoms. The Morgan fingerprint density at radius 2 is 2.44 bits per heavy atom. The van der Waals surface area contributed by atoms with Crippen LogP contribution in [0.3, 0.4) is 0 Å².